The molecule has 0 saturated heterocycles. The highest BCUT2D eigenvalue weighted by atomic mass is 32.2. The van der Waals surface area contributed by atoms with Gasteiger partial charge in [0, 0.05) is 31.3 Å². The van der Waals surface area contributed by atoms with Crippen molar-refractivity contribution in [3.63, 3.8) is 0 Å². The molecule has 0 saturated carbocycles. The third-order valence-corrected chi connectivity index (χ3v) is 6.37. The Kier molecular flexibility index (Phi) is 4.39. The van der Waals surface area contributed by atoms with Gasteiger partial charge < -0.3 is 10.4 Å². The summed E-state index contributed by atoms with van der Waals surface area (Å²) in [6, 6.07) is 1.94. The van der Waals surface area contributed by atoms with Crippen LogP contribution in [0.1, 0.15) is 24.9 Å². The molecule has 7 heteroatoms. The van der Waals surface area contributed by atoms with Crippen LogP contribution in [-0.2, 0) is 10.0 Å². The van der Waals surface area contributed by atoms with Crippen molar-refractivity contribution in [2.45, 2.75) is 23.6 Å². The normalized spacial score (nSPS) is 22.9. The van der Waals surface area contributed by atoms with E-state index in [-0.39, 0.29) is 12.6 Å². The Labute approximate surface area is 111 Å². The predicted octanol–water partition coefficient (Wildman–Crippen LogP) is 0.785. The summed E-state index contributed by atoms with van der Waals surface area (Å²) >= 11 is 1.27. The van der Waals surface area contributed by atoms with Crippen LogP contribution in [0.3, 0.4) is 0 Å². The highest BCUT2D eigenvalue weighted by Crippen LogP contribution is 2.36. The number of aliphatic hydroxyl groups is 1. The van der Waals surface area contributed by atoms with Gasteiger partial charge in [-0.05, 0) is 24.4 Å². The van der Waals surface area contributed by atoms with E-state index in [1.807, 2.05) is 18.4 Å². The maximum atomic E-state index is 12.3. The number of nitrogens with one attached hydrogen (secondary N) is 1. The fourth-order valence-corrected chi connectivity index (χ4v) is 5.28. The first-order valence-corrected chi connectivity index (χ1v) is 8.35. The zero-order valence-corrected chi connectivity index (χ0v) is 11.9. The Morgan fingerprint density at radius 2 is 2.39 bits per heavy atom. The van der Waals surface area contributed by atoms with E-state index in [9.17, 15) is 8.42 Å². The fourth-order valence-electron chi connectivity index (χ4n) is 2.17. The molecule has 1 aromatic heterocycles. The Balaban J connectivity index is 2.32. The van der Waals surface area contributed by atoms with E-state index in [2.05, 4.69) is 5.32 Å². The summed E-state index contributed by atoms with van der Waals surface area (Å²) in [5.41, 5.74) is 0.877. The summed E-state index contributed by atoms with van der Waals surface area (Å²) in [5.74, 6) is 0. The first-order valence-electron chi connectivity index (χ1n) is 6.03. The van der Waals surface area contributed by atoms with Crippen molar-refractivity contribution < 1.29 is 13.5 Å². The van der Waals surface area contributed by atoms with E-state index in [4.69, 9.17) is 5.11 Å². The lowest BCUT2D eigenvalue weighted by atomic mass is 10.1. The predicted molar refractivity (Wildman–Crippen MR) is 71.2 cm³/mol. The van der Waals surface area contributed by atoms with Crippen molar-refractivity contribution in [3.05, 3.63) is 17.0 Å². The van der Waals surface area contributed by atoms with Crippen LogP contribution in [0.25, 0.3) is 0 Å². The topological polar surface area (TPSA) is 69.6 Å². The third kappa shape index (κ3) is 2.46. The van der Waals surface area contributed by atoms with Crippen LogP contribution in [0.5, 0.6) is 0 Å². The van der Waals surface area contributed by atoms with Crippen molar-refractivity contribution in [2.75, 3.05) is 26.2 Å². The van der Waals surface area contributed by atoms with Crippen LogP contribution in [0, 0.1) is 0 Å². The average molecular weight is 290 g/mol. The molecule has 1 aliphatic rings. The second-order valence-corrected chi connectivity index (χ2v) is 7.26. The molecule has 2 heterocycles. The zero-order chi connectivity index (χ0) is 13.2. The molecule has 102 valence electrons. The minimum absolute atomic E-state index is 0.00912. The molecule has 2 N–H and O–H groups in total. The first kappa shape index (κ1) is 14.0. The first-order chi connectivity index (χ1) is 8.61. The van der Waals surface area contributed by atoms with Gasteiger partial charge in [-0.15, -0.1) is 11.3 Å². The van der Waals surface area contributed by atoms with Crippen LogP contribution >= 0.6 is 11.3 Å². The van der Waals surface area contributed by atoms with Gasteiger partial charge in [0.05, 0.1) is 0 Å². The summed E-state index contributed by atoms with van der Waals surface area (Å²) in [5, 5.41) is 14.0. The molecule has 0 radical (unpaired) electrons. The molecule has 2 rings (SSSR count). The second-order valence-electron chi connectivity index (χ2n) is 4.21. The van der Waals surface area contributed by atoms with Gasteiger partial charge >= 0.3 is 0 Å². The Morgan fingerprint density at radius 1 is 1.61 bits per heavy atom. The van der Waals surface area contributed by atoms with Gasteiger partial charge in [-0.25, -0.2) is 8.42 Å². The van der Waals surface area contributed by atoms with Gasteiger partial charge in [-0.2, -0.15) is 4.31 Å². The molecule has 1 aliphatic heterocycles. The smallest absolute Gasteiger partial charge is 0.252 e. The van der Waals surface area contributed by atoms with E-state index < -0.39 is 10.0 Å². The number of aliphatic hydroxyl groups excluding tert-OH is 1. The van der Waals surface area contributed by atoms with Gasteiger partial charge in [0.25, 0.3) is 10.0 Å². The van der Waals surface area contributed by atoms with Crippen molar-refractivity contribution in [1.29, 1.82) is 0 Å². The van der Waals surface area contributed by atoms with Gasteiger partial charge in [0.2, 0.25) is 0 Å². The quantitative estimate of drug-likeness (QED) is 0.841. The van der Waals surface area contributed by atoms with Gasteiger partial charge in [-0.3, -0.25) is 0 Å². The number of hydrogen-bond donors (Lipinski definition) is 2. The number of rotatable bonds is 5. The number of likely N-dealkylation sites (N-methyl/N-ethyl adjacent to an activating group) is 1. The molecule has 0 bridgehead atoms. The maximum absolute atomic E-state index is 12.3. The highest BCUT2D eigenvalue weighted by molar-refractivity contribution is 7.91. The lowest BCUT2D eigenvalue weighted by Gasteiger charge is -2.32. The third-order valence-electron chi connectivity index (χ3n) is 3.01. The molecule has 0 aliphatic carbocycles. The number of sulfonamides is 1. The van der Waals surface area contributed by atoms with Crippen LogP contribution in [0.4, 0.5) is 0 Å². The lowest BCUT2D eigenvalue weighted by molar-refractivity contribution is 0.260. The molecule has 0 amide bonds. The van der Waals surface area contributed by atoms with E-state index in [0.717, 1.165) is 12.1 Å². The molecule has 0 spiro atoms. The fraction of sp³-hybridized carbons (Fsp3) is 0.636. The van der Waals surface area contributed by atoms with Crippen molar-refractivity contribution in [3.8, 4) is 0 Å². The van der Waals surface area contributed by atoms with Gasteiger partial charge in [0.1, 0.15) is 4.21 Å². The SMILES string of the molecule is CCN[C@H]1CN(CCCO)S(=O)(=O)c2sccc21. The standard InChI is InChI=1S/C11H18N2O3S2/c1-2-12-10-8-13(5-3-6-14)18(15,16)11-9(10)4-7-17-11/h4,7,10,12,14H,2-3,5-6,8H2,1H3/t10-/m0/s1. The molecule has 18 heavy (non-hydrogen) atoms. The minimum Gasteiger partial charge on any atom is -0.396 e. The largest absolute Gasteiger partial charge is 0.396 e. The van der Waals surface area contributed by atoms with Crippen LogP contribution < -0.4 is 5.32 Å². The summed E-state index contributed by atoms with van der Waals surface area (Å²) in [4.78, 5) is 0. The summed E-state index contributed by atoms with van der Waals surface area (Å²) in [6.07, 6.45) is 0.471. The number of hydrogen-bond acceptors (Lipinski definition) is 5. The van der Waals surface area contributed by atoms with E-state index in [0.29, 0.717) is 23.7 Å². The average Bonchev–Trinajstić information content (AvgIpc) is 2.82. The van der Waals surface area contributed by atoms with E-state index in [1.54, 1.807) is 0 Å². The van der Waals surface area contributed by atoms with Crippen LogP contribution in [0.2, 0.25) is 0 Å². The molecular weight excluding hydrogens is 272 g/mol. The highest BCUT2D eigenvalue weighted by Gasteiger charge is 2.37. The number of nitrogens with zero attached hydrogens (tertiary/aromatic N) is 1. The Morgan fingerprint density at radius 3 is 3.06 bits per heavy atom. The minimum atomic E-state index is -3.36. The second kappa shape index (κ2) is 5.66. The van der Waals surface area contributed by atoms with Gasteiger partial charge in [-0.1, -0.05) is 6.92 Å². The lowest BCUT2D eigenvalue weighted by Crippen LogP contribution is -2.43. The summed E-state index contributed by atoms with van der Waals surface area (Å²) in [6.45, 7) is 3.63. The van der Waals surface area contributed by atoms with E-state index in [1.165, 1.54) is 15.6 Å². The number of thiophene rings is 1. The molecule has 0 fully saturated rings. The Bertz CT molecular complexity index is 498. The van der Waals surface area contributed by atoms with Crippen LogP contribution in [-0.4, -0.2) is 44.1 Å². The summed E-state index contributed by atoms with van der Waals surface area (Å²) in [7, 11) is -3.36. The molecular formula is C11H18N2O3S2. The summed E-state index contributed by atoms with van der Waals surface area (Å²) < 4.78 is 26.6. The van der Waals surface area contributed by atoms with Crippen molar-refractivity contribution in [2.24, 2.45) is 0 Å². The molecule has 0 aromatic carbocycles. The Hall–Kier alpha value is -0.470. The van der Waals surface area contributed by atoms with Crippen molar-refractivity contribution in [1.82, 2.24) is 9.62 Å². The molecule has 5 nitrogen and oxygen atoms in total. The molecule has 1 aromatic rings. The molecule has 1 atom stereocenters. The number of fused-ring (bicyclic) bond motifs is 1. The molecule has 0 unspecified atom stereocenters. The monoisotopic (exact) mass is 290 g/mol. The van der Waals surface area contributed by atoms with Crippen LogP contribution in [0.15, 0.2) is 15.7 Å². The van der Waals surface area contributed by atoms with Crippen molar-refractivity contribution >= 4 is 21.4 Å². The van der Waals surface area contributed by atoms with E-state index >= 15 is 0 Å². The van der Waals surface area contributed by atoms with Gasteiger partial charge in [0.15, 0.2) is 0 Å². The maximum Gasteiger partial charge on any atom is 0.252 e. The zero-order valence-electron chi connectivity index (χ0n) is 10.3.